The van der Waals surface area contributed by atoms with Gasteiger partial charge in [0.25, 0.3) is 0 Å². The zero-order valence-corrected chi connectivity index (χ0v) is 22.7. The van der Waals surface area contributed by atoms with Gasteiger partial charge in [0.2, 0.25) is 11.2 Å². The van der Waals surface area contributed by atoms with E-state index in [0.717, 1.165) is 16.7 Å². The number of aromatic hydroxyl groups is 1. The summed E-state index contributed by atoms with van der Waals surface area (Å²) < 4.78 is 24.2. The maximum atomic E-state index is 13.7. The van der Waals surface area contributed by atoms with Crippen molar-refractivity contribution >= 4 is 11.0 Å². The maximum absolute atomic E-state index is 13.7. The lowest BCUT2D eigenvalue weighted by molar-refractivity contribution is 0.289. The number of fused-ring (bicyclic) bond motifs is 1. The lowest BCUT2D eigenvalue weighted by Crippen LogP contribution is -2.10. The molecule has 0 bridgehead atoms. The molecule has 6 aromatic rings. The Labute approximate surface area is 243 Å². The smallest absolute Gasteiger partial charge is 0.235 e. The fourth-order valence-corrected chi connectivity index (χ4v) is 4.55. The van der Waals surface area contributed by atoms with E-state index >= 15 is 0 Å². The summed E-state index contributed by atoms with van der Waals surface area (Å²) in [6.07, 6.45) is 0. The molecule has 0 aliphatic rings. The monoisotopic (exact) mass is 556 g/mol. The first-order chi connectivity index (χ1) is 20.6. The Kier molecular flexibility index (Phi) is 7.86. The first-order valence-corrected chi connectivity index (χ1v) is 13.6. The van der Waals surface area contributed by atoms with Gasteiger partial charge >= 0.3 is 0 Å². The van der Waals surface area contributed by atoms with Gasteiger partial charge in [-0.15, -0.1) is 0 Å². The Bertz CT molecular complexity index is 1850. The molecule has 1 heterocycles. The van der Waals surface area contributed by atoms with Crippen LogP contribution in [-0.4, -0.2) is 5.11 Å². The fraction of sp³-hybridized carbons (Fsp3) is 0.0833. The van der Waals surface area contributed by atoms with E-state index < -0.39 is 0 Å². The van der Waals surface area contributed by atoms with Crippen LogP contribution in [0.1, 0.15) is 16.7 Å². The van der Waals surface area contributed by atoms with Crippen molar-refractivity contribution in [3.63, 3.8) is 0 Å². The number of rotatable bonds is 10. The predicted octanol–water partition coefficient (Wildman–Crippen LogP) is 7.90. The van der Waals surface area contributed by atoms with Gasteiger partial charge < -0.3 is 23.7 Å². The normalized spacial score (nSPS) is 10.9. The van der Waals surface area contributed by atoms with Gasteiger partial charge in [-0.25, -0.2) is 0 Å². The van der Waals surface area contributed by atoms with Gasteiger partial charge in [-0.2, -0.15) is 0 Å². The molecule has 5 aromatic carbocycles. The molecule has 1 aromatic heterocycles. The molecule has 6 rings (SSSR count). The van der Waals surface area contributed by atoms with Crippen LogP contribution in [0.5, 0.6) is 23.0 Å². The first kappa shape index (κ1) is 26.7. The summed E-state index contributed by atoms with van der Waals surface area (Å²) in [5, 5.41) is 11.2. The Morgan fingerprint density at radius 2 is 1.17 bits per heavy atom. The van der Waals surface area contributed by atoms with Crippen LogP contribution in [-0.2, 0) is 19.8 Å². The number of hydrogen-bond acceptors (Lipinski definition) is 6. The number of hydrogen-bond donors (Lipinski definition) is 1. The van der Waals surface area contributed by atoms with Crippen LogP contribution in [0.25, 0.3) is 22.3 Å². The van der Waals surface area contributed by atoms with Crippen molar-refractivity contribution in [2.24, 2.45) is 0 Å². The molecule has 0 radical (unpaired) electrons. The second-order valence-corrected chi connectivity index (χ2v) is 9.75. The van der Waals surface area contributed by atoms with Crippen LogP contribution in [0.2, 0.25) is 0 Å². The van der Waals surface area contributed by atoms with Crippen LogP contribution < -0.4 is 19.6 Å². The topological polar surface area (TPSA) is 78.1 Å². The summed E-state index contributed by atoms with van der Waals surface area (Å²) in [6, 6.07) is 39.1. The van der Waals surface area contributed by atoms with Crippen LogP contribution >= 0.6 is 0 Å². The molecule has 0 spiro atoms. The summed E-state index contributed by atoms with van der Waals surface area (Å²) in [7, 11) is 0. The van der Waals surface area contributed by atoms with Crippen molar-refractivity contribution in [3.05, 3.63) is 154 Å². The average Bonchev–Trinajstić information content (AvgIpc) is 3.04. The lowest BCUT2D eigenvalue weighted by atomic mass is 10.1. The third-order valence-electron chi connectivity index (χ3n) is 6.75. The summed E-state index contributed by atoms with van der Waals surface area (Å²) >= 11 is 0. The zero-order valence-electron chi connectivity index (χ0n) is 22.7. The minimum absolute atomic E-state index is 0.0571. The van der Waals surface area contributed by atoms with Gasteiger partial charge in [-0.05, 0) is 47.0 Å². The molecule has 6 heteroatoms. The Morgan fingerprint density at radius 1 is 0.595 bits per heavy atom. The van der Waals surface area contributed by atoms with Crippen molar-refractivity contribution in [3.8, 4) is 34.3 Å². The minimum Gasteiger partial charge on any atom is -0.504 e. The molecular formula is C36H28O6. The molecule has 6 nitrogen and oxygen atoms in total. The Balaban J connectivity index is 1.34. The van der Waals surface area contributed by atoms with Crippen LogP contribution in [0.15, 0.2) is 137 Å². The van der Waals surface area contributed by atoms with Gasteiger partial charge in [-0.1, -0.05) is 91.0 Å². The van der Waals surface area contributed by atoms with E-state index in [9.17, 15) is 9.90 Å². The molecular weight excluding hydrogens is 528 g/mol. The molecule has 0 fully saturated rings. The molecule has 208 valence electrons. The predicted molar refractivity (Wildman–Crippen MR) is 162 cm³/mol. The highest BCUT2D eigenvalue weighted by Gasteiger charge is 2.20. The van der Waals surface area contributed by atoms with E-state index in [1.165, 1.54) is 6.07 Å². The van der Waals surface area contributed by atoms with Crippen molar-refractivity contribution in [1.82, 2.24) is 0 Å². The van der Waals surface area contributed by atoms with Crippen LogP contribution in [0, 0.1) is 0 Å². The van der Waals surface area contributed by atoms with Gasteiger partial charge in [0.05, 0.1) is 5.39 Å². The fourth-order valence-electron chi connectivity index (χ4n) is 4.55. The summed E-state index contributed by atoms with van der Waals surface area (Å²) in [5.41, 5.74) is 3.40. The standard InChI is InChI=1S/C36H28O6/c37-31-20-28(16-19-32(31)40-23-26-12-6-2-7-13-26)35-36(41-24-27-14-8-3-9-15-27)34(38)30-18-17-29(21-33(30)42-35)39-22-25-10-4-1-5-11-25/h1-21,37H,22-24H2. The highest BCUT2D eigenvalue weighted by Crippen LogP contribution is 2.37. The van der Waals surface area contributed by atoms with E-state index in [2.05, 4.69) is 0 Å². The molecule has 0 unspecified atom stereocenters. The van der Waals surface area contributed by atoms with E-state index in [0.29, 0.717) is 41.2 Å². The molecule has 0 saturated heterocycles. The number of ether oxygens (including phenoxy) is 3. The molecule has 0 amide bonds. The van der Waals surface area contributed by atoms with Gasteiger partial charge in [0, 0.05) is 11.6 Å². The molecule has 0 aliphatic carbocycles. The maximum Gasteiger partial charge on any atom is 0.235 e. The van der Waals surface area contributed by atoms with Crippen molar-refractivity contribution in [1.29, 1.82) is 0 Å². The zero-order chi connectivity index (χ0) is 28.7. The third-order valence-corrected chi connectivity index (χ3v) is 6.75. The van der Waals surface area contributed by atoms with E-state index in [-0.39, 0.29) is 29.3 Å². The second kappa shape index (κ2) is 12.4. The molecule has 0 aliphatic heterocycles. The van der Waals surface area contributed by atoms with E-state index in [1.807, 2.05) is 91.0 Å². The average molecular weight is 557 g/mol. The first-order valence-electron chi connectivity index (χ1n) is 13.6. The minimum atomic E-state index is -0.319. The summed E-state index contributed by atoms with van der Waals surface area (Å²) in [4.78, 5) is 13.7. The summed E-state index contributed by atoms with van der Waals surface area (Å²) in [6.45, 7) is 0.850. The van der Waals surface area contributed by atoms with E-state index in [4.69, 9.17) is 18.6 Å². The third kappa shape index (κ3) is 6.13. The number of phenols is 1. The highest BCUT2D eigenvalue weighted by atomic mass is 16.5. The SMILES string of the molecule is O=c1c(OCc2ccccc2)c(-c2ccc(OCc3ccccc3)c(O)c2)oc2cc(OCc3ccccc3)ccc12. The van der Waals surface area contributed by atoms with E-state index in [1.54, 1.807) is 30.3 Å². The second-order valence-electron chi connectivity index (χ2n) is 9.75. The molecule has 0 saturated carbocycles. The Morgan fingerprint density at radius 3 is 1.76 bits per heavy atom. The number of phenolic OH excluding ortho intramolecular Hbond substituents is 1. The molecule has 0 atom stereocenters. The molecule has 42 heavy (non-hydrogen) atoms. The largest absolute Gasteiger partial charge is 0.504 e. The summed E-state index contributed by atoms with van der Waals surface area (Å²) in [5.74, 6) is 1.05. The quantitative estimate of drug-likeness (QED) is 0.185. The van der Waals surface area contributed by atoms with Crippen molar-refractivity contribution in [2.75, 3.05) is 0 Å². The molecule has 1 N–H and O–H groups in total. The van der Waals surface area contributed by atoms with Gasteiger partial charge in [0.15, 0.2) is 17.3 Å². The van der Waals surface area contributed by atoms with Crippen molar-refractivity contribution < 1.29 is 23.7 Å². The van der Waals surface area contributed by atoms with Gasteiger partial charge in [-0.3, -0.25) is 4.79 Å². The van der Waals surface area contributed by atoms with Crippen LogP contribution in [0.3, 0.4) is 0 Å². The number of benzene rings is 5. The highest BCUT2D eigenvalue weighted by molar-refractivity contribution is 5.83. The lowest BCUT2D eigenvalue weighted by Gasteiger charge is -2.14. The van der Waals surface area contributed by atoms with Gasteiger partial charge in [0.1, 0.15) is 31.2 Å². The Hall–Kier alpha value is -5.49. The van der Waals surface area contributed by atoms with Crippen molar-refractivity contribution in [2.45, 2.75) is 19.8 Å². The van der Waals surface area contributed by atoms with Crippen LogP contribution in [0.4, 0.5) is 0 Å².